The lowest BCUT2D eigenvalue weighted by molar-refractivity contribution is 0.519. The van der Waals surface area contributed by atoms with E-state index in [9.17, 15) is 0 Å². The second-order valence-corrected chi connectivity index (χ2v) is 10.3. The molecule has 0 N–H and O–H groups in total. The van der Waals surface area contributed by atoms with E-state index >= 15 is 0 Å². The highest BCUT2D eigenvalue weighted by Gasteiger charge is 2.32. The molecule has 0 aliphatic carbocycles. The van der Waals surface area contributed by atoms with Gasteiger partial charge in [-0.2, -0.15) is 0 Å². The molecule has 0 bridgehead atoms. The van der Waals surface area contributed by atoms with Crippen LogP contribution in [0.25, 0.3) is 0 Å². The predicted molar refractivity (Wildman–Crippen MR) is 92.0 cm³/mol. The smallest absolute Gasteiger partial charge is 0.250 e. The molecular formula is C18H32OSi. The minimum absolute atomic E-state index is 1.08. The van der Waals surface area contributed by atoms with Crippen LogP contribution in [0.4, 0.5) is 0 Å². The minimum Gasteiger partial charge on any atom is -0.543 e. The summed E-state index contributed by atoms with van der Waals surface area (Å²) in [6.45, 7) is 6.91. The fraction of sp³-hybridized carbons (Fsp3) is 0.667. The van der Waals surface area contributed by atoms with Crippen LogP contribution in [-0.4, -0.2) is 8.32 Å². The summed E-state index contributed by atoms with van der Waals surface area (Å²) >= 11 is 0. The lowest BCUT2D eigenvalue weighted by atomic mass is 10.1. The molecule has 0 amide bonds. The summed E-state index contributed by atoms with van der Waals surface area (Å²) in [6.07, 6.45) is 8.27. The number of para-hydroxylation sites is 1. The van der Waals surface area contributed by atoms with E-state index in [-0.39, 0.29) is 0 Å². The van der Waals surface area contributed by atoms with Gasteiger partial charge >= 0.3 is 0 Å². The molecule has 2 heteroatoms. The lowest BCUT2D eigenvalue weighted by Crippen LogP contribution is -2.40. The zero-order valence-corrected chi connectivity index (χ0v) is 14.7. The van der Waals surface area contributed by atoms with Gasteiger partial charge in [0.1, 0.15) is 5.75 Å². The van der Waals surface area contributed by atoms with Crippen LogP contribution in [-0.2, 0) is 0 Å². The number of rotatable bonds is 11. The Morgan fingerprint density at radius 2 is 1.40 bits per heavy atom. The van der Waals surface area contributed by atoms with Crippen molar-refractivity contribution in [3.8, 4) is 5.75 Å². The molecule has 0 aliphatic heterocycles. The number of benzene rings is 1. The van der Waals surface area contributed by atoms with E-state index in [1.165, 1.54) is 56.7 Å². The topological polar surface area (TPSA) is 9.23 Å². The van der Waals surface area contributed by atoms with Crippen LogP contribution in [0, 0.1) is 0 Å². The number of hydrogen-bond donors (Lipinski definition) is 0. The summed E-state index contributed by atoms with van der Waals surface area (Å²) in [6, 6.07) is 14.2. The Balaban J connectivity index is 2.41. The Labute approximate surface area is 126 Å². The van der Waals surface area contributed by atoms with Crippen molar-refractivity contribution in [2.45, 2.75) is 77.4 Å². The lowest BCUT2D eigenvalue weighted by Gasteiger charge is -2.30. The van der Waals surface area contributed by atoms with Gasteiger partial charge in [-0.25, -0.2) is 0 Å². The molecule has 0 heterocycles. The normalized spacial score (nSPS) is 11.6. The van der Waals surface area contributed by atoms with Crippen molar-refractivity contribution >= 4 is 8.32 Å². The molecule has 1 nitrogen and oxygen atoms in total. The van der Waals surface area contributed by atoms with Crippen molar-refractivity contribution < 1.29 is 4.43 Å². The van der Waals surface area contributed by atoms with Gasteiger partial charge in [0.25, 0.3) is 8.32 Å². The van der Waals surface area contributed by atoms with Crippen molar-refractivity contribution in [3.63, 3.8) is 0 Å². The molecule has 0 aromatic heterocycles. The molecule has 0 unspecified atom stereocenters. The monoisotopic (exact) mass is 292 g/mol. The van der Waals surface area contributed by atoms with E-state index in [0.29, 0.717) is 0 Å². The Kier molecular flexibility index (Phi) is 8.67. The van der Waals surface area contributed by atoms with Crippen LogP contribution in [0.5, 0.6) is 5.75 Å². The van der Waals surface area contributed by atoms with Crippen molar-refractivity contribution in [3.05, 3.63) is 30.3 Å². The van der Waals surface area contributed by atoms with Gasteiger partial charge in [0.2, 0.25) is 0 Å². The second kappa shape index (κ2) is 10.0. The first-order valence-electron chi connectivity index (χ1n) is 8.50. The van der Waals surface area contributed by atoms with E-state index < -0.39 is 8.32 Å². The SMILES string of the molecule is CCCCCCCC[Si](CC)(CC)Oc1ccccc1. The van der Waals surface area contributed by atoms with Gasteiger partial charge in [-0.3, -0.25) is 0 Å². The van der Waals surface area contributed by atoms with Gasteiger partial charge in [-0.1, -0.05) is 77.5 Å². The molecule has 0 fully saturated rings. The molecule has 114 valence electrons. The first kappa shape index (κ1) is 17.3. The highest BCUT2D eigenvalue weighted by Crippen LogP contribution is 2.27. The van der Waals surface area contributed by atoms with Gasteiger partial charge in [0.05, 0.1) is 0 Å². The van der Waals surface area contributed by atoms with E-state index in [1.54, 1.807) is 0 Å². The summed E-state index contributed by atoms with van der Waals surface area (Å²) in [5, 5.41) is 0. The third kappa shape index (κ3) is 6.13. The summed E-state index contributed by atoms with van der Waals surface area (Å²) < 4.78 is 6.47. The zero-order chi connectivity index (χ0) is 14.7. The first-order valence-corrected chi connectivity index (χ1v) is 11.0. The van der Waals surface area contributed by atoms with Crippen molar-refractivity contribution in [2.24, 2.45) is 0 Å². The van der Waals surface area contributed by atoms with E-state index in [2.05, 4.69) is 51.1 Å². The van der Waals surface area contributed by atoms with Gasteiger partial charge in [0, 0.05) is 0 Å². The zero-order valence-electron chi connectivity index (χ0n) is 13.7. The van der Waals surface area contributed by atoms with Crippen LogP contribution in [0.1, 0.15) is 59.3 Å². The first-order chi connectivity index (χ1) is 9.76. The highest BCUT2D eigenvalue weighted by atomic mass is 28.4. The molecule has 0 saturated carbocycles. The van der Waals surface area contributed by atoms with E-state index in [4.69, 9.17) is 4.43 Å². The molecular weight excluding hydrogens is 260 g/mol. The summed E-state index contributed by atoms with van der Waals surface area (Å²) in [5.41, 5.74) is 0. The summed E-state index contributed by atoms with van der Waals surface area (Å²) in [7, 11) is -1.55. The molecule has 0 saturated heterocycles. The van der Waals surface area contributed by atoms with Crippen molar-refractivity contribution in [2.75, 3.05) is 0 Å². The summed E-state index contributed by atoms with van der Waals surface area (Å²) in [5.74, 6) is 1.08. The second-order valence-electron chi connectivity index (χ2n) is 5.82. The Hall–Kier alpha value is -0.763. The van der Waals surface area contributed by atoms with Gasteiger partial charge in [-0.15, -0.1) is 0 Å². The molecule has 1 rings (SSSR count). The standard InChI is InChI=1S/C18H32OSi/c1-4-7-8-9-10-14-17-20(5-2,6-3)19-18-15-12-11-13-16-18/h11-13,15-16H,4-10,14,17H2,1-3H3. The third-order valence-corrected chi connectivity index (χ3v) is 8.86. The Bertz CT molecular complexity index is 333. The third-order valence-electron chi connectivity index (χ3n) is 4.35. The van der Waals surface area contributed by atoms with Gasteiger partial charge in [-0.05, 0) is 30.3 Å². The fourth-order valence-electron chi connectivity index (χ4n) is 2.76. The number of hydrogen-bond acceptors (Lipinski definition) is 1. The highest BCUT2D eigenvalue weighted by molar-refractivity contribution is 6.74. The maximum Gasteiger partial charge on any atom is 0.250 e. The fourth-order valence-corrected chi connectivity index (χ4v) is 5.89. The van der Waals surface area contributed by atoms with Crippen LogP contribution < -0.4 is 4.43 Å². The van der Waals surface area contributed by atoms with Crippen LogP contribution in [0.3, 0.4) is 0 Å². The van der Waals surface area contributed by atoms with Gasteiger partial charge in [0.15, 0.2) is 0 Å². The quantitative estimate of drug-likeness (QED) is 0.338. The maximum atomic E-state index is 6.47. The minimum atomic E-state index is -1.55. The molecule has 0 radical (unpaired) electrons. The van der Waals surface area contributed by atoms with E-state index in [0.717, 1.165) is 5.75 Å². The number of unbranched alkanes of at least 4 members (excludes halogenated alkanes) is 5. The molecule has 0 spiro atoms. The molecule has 1 aromatic carbocycles. The van der Waals surface area contributed by atoms with Crippen LogP contribution in [0.2, 0.25) is 18.1 Å². The maximum absolute atomic E-state index is 6.47. The Morgan fingerprint density at radius 3 is 2.00 bits per heavy atom. The molecule has 0 atom stereocenters. The van der Waals surface area contributed by atoms with Gasteiger partial charge < -0.3 is 4.43 Å². The molecule has 0 aliphatic rings. The Morgan fingerprint density at radius 1 is 0.800 bits per heavy atom. The molecule has 20 heavy (non-hydrogen) atoms. The van der Waals surface area contributed by atoms with Crippen LogP contribution in [0.15, 0.2) is 30.3 Å². The largest absolute Gasteiger partial charge is 0.543 e. The predicted octanol–water partition coefficient (Wildman–Crippen LogP) is 6.41. The molecule has 1 aromatic rings. The average molecular weight is 293 g/mol. The van der Waals surface area contributed by atoms with Crippen molar-refractivity contribution in [1.29, 1.82) is 0 Å². The van der Waals surface area contributed by atoms with Crippen molar-refractivity contribution in [1.82, 2.24) is 0 Å². The average Bonchev–Trinajstić information content (AvgIpc) is 2.50. The summed E-state index contributed by atoms with van der Waals surface area (Å²) in [4.78, 5) is 0. The van der Waals surface area contributed by atoms with Crippen LogP contribution >= 0.6 is 0 Å². The van der Waals surface area contributed by atoms with E-state index in [1.807, 2.05) is 0 Å².